The molecule has 0 aliphatic heterocycles. The molecule has 0 aliphatic carbocycles. The number of benzene rings is 1. The Labute approximate surface area is 92.1 Å². The number of carbonyl (C=O) groups is 1. The van der Waals surface area contributed by atoms with Crippen LogP contribution in [0.2, 0.25) is 5.02 Å². The van der Waals surface area contributed by atoms with Crippen LogP contribution in [0.15, 0.2) is 6.07 Å². The maximum absolute atomic E-state index is 11.4. The number of phenols is 2. The summed E-state index contributed by atoms with van der Waals surface area (Å²) in [5.41, 5.74) is 0.396. The van der Waals surface area contributed by atoms with Gasteiger partial charge in [-0.05, 0) is 25.5 Å². The summed E-state index contributed by atoms with van der Waals surface area (Å²) in [4.78, 5) is 11.4. The summed E-state index contributed by atoms with van der Waals surface area (Å²) < 4.78 is 4.75. The molecule has 0 atom stereocenters. The second-order valence-corrected chi connectivity index (χ2v) is 3.35. The third kappa shape index (κ3) is 2.15. The molecule has 1 aromatic rings. The molecule has 0 radical (unpaired) electrons. The van der Waals surface area contributed by atoms with Crippen molar-refractivity contribution in [1.29, 1.82) is 0 Å². The topological polar surface area (TPSA) is 66.8 Å². The first-order chi connectivity index (χ1) is 6.99. The zero-order valence-electron chi connectivity index (χ0n) is 8.37. The Balaban J connectivity index is 3.29. The summed E-state index contributed by atoms with van der Waals surface area (Å²) in [6.07, 6.45) is 0. The Morgan fingerprint density at radius 1 is 1.53 bits per heavy atom. The van der Waals surface area contributed by atoms with Crippen LogP contribution in [0.4, 0.5) is 0 Å². The molecule has 0 unspecified atom stereocenters. The Morgan fingerprint density at radius 3 is 2.67 bits per heavy atom. The van der Waals surface area contributed by atoms with Crippen LogP contribution in [0.3, 0.4) is 0 Å². The molecule has 0 fully saturated rings. The predicted molar refractivity (Wildman–Crippen MR) is 55.5 cm³/mol. The lowest BCUT2D eigenvalue weighted by Crippen LogP contribution is -2.07. The van der Waals surface area contributed by atoms with Crippen LogP contribution < -0.4 is 0 Å². The van der Waals surface area contributed by atoms with Gasteiger partial charge >= 0.3 is 5.97 Å². The molecule has 0 heterocycles. The fourth-order valence-electron chi connectivity index (χ4n) is 1.22. The molecule has 0 aliphatic rings. The molecule has 0 saturated carbocycles. The number of aryl methyl sites for hydroxylation is 1. The summed E-state index contributed by atoms with van der Waals surface area (Å²) >= 11 is 5.59. The Morgan fingerprint density at radius 2 is 2.13 bits per heavy atom. The lowest BCUT2D eigenvalue weighted by atomic mass is 10.1. The Hall–Kier alpha value is -1.42. The molecule has 15 heavy (non-hydrogen) atoms. The number of ether oxygens (including phenoxy) is 1. The van der Waals surface area contributed by atoms with E-state index in [1.807, 2.05) is 0 Å². The number of hydrogen-bond acceptors (Lipinski definition) is 4. The van der Waals surface area contributed by atoms with Crippen LogP contribution >= 0.6 is 11.6 Å². The number of halogens is 1. The summed E-state index contributed by atoms with van der Waals surface area (Å²) in [6, 6.07) is 1.30. The molecule has 2 N–H and O–H groups in total. The Bertz CT molecular complexity index is 401. The van der Waals surface area contributed by atoms with E-state index in [0.717, 1.165) is 0 Å². The van der Waals surface area contributed by atoms with E-state index >= 15 is 0 Å². The first kappa shape index (κ1) is 11.7. The average Bonchev–Trinajstić information content (AvgIpc) is 2.15. The maximum atomic E-state index is 11.4. The summed E-state index contributed by atoms with van der Waals surface area (Å²) in [6.45, 7) is 3.44. The van der Waals surface area contributed by atoms with Crippen LogP contribution in [-0.2, 0) is 4.74 Å². The van der Waals surface area contributed by atoms with Crippen molar-refractivity contribution in [2.45, 2.75) is 13.8 Å². The first-order valence-electron chi connectivity index (χ1n) is 4.37. The van der Waals surface area contributed by atoms with Crippen LogP contribution in [0.5, 0.6) is 11.5 Å². The zero-order chi connectivity index (χ0) is 11.6. The number of rotatable bonds is 2. The molecule has 0 saturated heterocycles. The van der Waals surface area contributed by atoms with Crippen molar-refractivity contribution in [3.05, 3.63) is 22.2 Å². The van der Waals surface area contributed by atoms with Crippen molar-refractivity contribution in [3.8, 4) is 11.5 Å². The lowest BCUT2D eigenvalue weighted by Gasteiger charge is -2.09. The molecule has 1 rings (SSSR count). The molecule has 5 heteroatoms. The van der Waals surface area contributed by atoms with Crippen molar-refractivity contribution in [3.63, 3.8) is 0 Å². The second-order valence-electron chi connectivity index (χ2n) is 2.97. The van der Waals surface area contributed by atoms with Gasteiger partial charge in [0.2, 0.25) is 0 Å². The van der Waals surface area contributed by atoms with E-state index < -0.39 is 11.7 Å². The molecule has 1 aromatic carbocycles. The third-order valence-electron chi connectivity index (χ3n) is 1.90. The maximum Gasteiger partial charge on any atom is 0.342 e. The van der Waals surface area contributed by atoms with Gasteiger partial charge in [-0.1, -0.05) is 11.6 Å². The number of esters is 1. The van der Waals surface area contributed by atoms with Crippen LogP contribution in [0.25, 0.3) is 0 Å². The predicted octanol–water partition coefficient (Wildman–Crippen LogP) is 2.24. The SMILES string of the molecule is CCOC(=O)c1c(C)cc(O)c(Cl)c1O. The van der Waals surface area contributed by atoms with E-state index in [4.69, 9.17) is 16.3 Å². The molecule has 0 spiro atoms. The van der Waals surface area contributed by atoms with Gasteiger partial charge in [0, 0.05) is 0 Å². The third-order valence-corrected chi connectivity index (χ3v) is 2.27. The summed E-state index contributed by atoms with van der Waals surface area (Å²) in [5.74, 6) is -1.37. The molecule has 0 bridgehead atoms. The first-order valence-corrected chi connectivity index (χ1v) is 4.75. The quantitative estimate of drug-likeness (QED) is 0.765. The average molecular weight is 231 g/mol. The van der Waals surface area contributed by atoms with E-state index in [-0.39, 0.29) is 22.9 Å². The zero-order valence-corrected chi connectivity index (χ0v) is 9.13. The number of aromatic hydroxyl groups is 2. The molecule has 0 aromatic heterocycles. The van der Waals surface area contributed by atoms with Crippen molar-refractivity contribution in [2.75, 3.05) is 6.61 Å². The summed E-state index contributed by atoms with van der Waals surface area (Å²) in [7, 11) is 0. The highest BCUT2D eigenvalue weighted by Crippen LogP contribution is 2.37. The highest BCUT2D eigenvalue weighted by molar-refractivity contribution is 6.34. The van der Waals surface area contributed by atoms with Gasteiger partial charge in [0.25, 0.3) is 0 Å². The van der Waals surface area contributed by atoms with Crippen LogP contribution in [-0.4, -0.2) is 22.8 Å². The van der Waals surface area contributed by atoms with E-state index in [2.05, 4.69) is 0 Å². The van der Waals surface area contributed by atoms with Gasteiger partial charge in [-0.2, -0.15) is 0 Å². The molecular weight excluding hydrogens is 220 g/mol. The van der Waals surface area contributed by atoms with Crippen LogP contribution in [0, 0.1) is 6.92 Å². The van der Waals surface area contributed by atoms with Crippen molar-refractivity contribution in [2.24, 2.45) is 0 Å². The van der Waals surface area contributed by atoms with E-state index in [9.17, 15) is 15.0 Å². The molecular formula is C10H11ClO4. The summed E-state index contributed by atoms with van der Waals surface area (Å²) in [5, 5.41) is 18.6. The Kier molecular flexibility index (Phi) is 3.42. The van der Waals surface area contributed by atoms with Crippen molar-refractivity contribution < 1.29 is 19.7 Å². The van der Waals surface area contributed by atoms with E-state index in [1.165, 1.54) is 6.07 Å². The van der Waals surface area contributed by atoms with Gasteiger partial charge in [0.05, 0.1) is 6.61 Å². The number of phenolic OH excluding ortho intramolecular Hbond substituents is 2. The highest BCUT2D eigenvalue weighted by Gasteiger charge is 2.20. The minimum absolute atomic E-state index is 0.0142. The van der Waals surface area contributed by atoms with Gasteiger partial charge in [0.15, 0.2) is 5.75 Å². The van der Waals surface area contributed by atoms with Gasteiger partial charge in [0.1, 0.15) is 16.3 Å². The number of hydrogen-bond donors (Lipinski definition) is 2. The smallest absolute Gasteiger partial charge is 0.342 e. The molecule has 4 nitrogen and oxygen atoms in total. The van der Waals surface area contributed by atoms with Crippen LogP contribution in [0.1, 0.15) is 22.8 Å². The fraction of sp³-hybridized carbons (Fsp3) is 0.300. The standard InChI is InChI=1S/C10H11ClO4/c1-3-15-10(14)7-5(2)4-6(12)8(11)9(7)13/h4,12-13H,3H2,1-2H3. The fourth-order valence-corrected chi connectivity index (χ4v) is 1.37. The van der Waals surface area contributed by atoms with Gasteiger partial charge in [-0.15, -0.1) is 0 Å². The molecule has 0 amide bonds. The normalized spacial score (nSPS) is 10.1. The van der Waals surface area contributed by atoms with Gasteiger partial charge in [-0.3, -0.25) is 0 Å². The largest absolute Gasteiger partial charge is 0.506 e. The lowest BCUT2D eigenvalue weighted by molar-refractivity contribution is 0.0522. The minimum atomic E-state index is -0.658. The number of carbonyl (C=O) groups excluding carboxylic acids is 1. The van der Waals surface area contributed by atoms with Gasteiger partial charge in [-0.25, -0.2) is 4.79 Å². The molecule has 82 valence electrons. The van der Waals surface area contributed by atoms with Gasteiger partial charge < -0.3 is 14.9 Å². The van der Waals surface area contributed by atoms with E-state index in [0.29, 0.717) is 5.56 Å². The minimum Gasteiger partial charge on any atom is -0.506 e. The second kappa shape index (κ2) is 4.40. The van der Waals surface area contributed by atoms with E-state index in [1.54, 1.807) is 13.8 Å². The van der Waals surface area contributed by atoms with Crippen molar-refractivity contribution in [1.82, 2.24) is 0 Å². The van der Waals surface area contributed by atoms with Crippen molar-refractivity contribution >= 4 is 17.6 Å². The highest BCUT2D eigenvalue weighted by atomic mass is 35.5. The monoisotopic (exact) mass is 230 g/mol.